The van der Waals surface area contributed by atoms with Crippen molar-refractivity contribution in [1.82, 2.24) is 0 Å². The lowest BCUT2D eigenvalue weighted by Crippen LogP contribution is -2.07. The SMILES string of the molecule is CC(C)O[P@](=O)(F)c1ccccc1. The lowest BCUT2D eigenvalue weighted by Gasteiger charge is -2.12. The third-order valence-electron chi connectivity index (χ3n) is 1.41. The van der Waals surface area contributed by atoms with E-state index >= 15 is 0 Å². The zero-order valence-corrected chi connectivity index (χ0v) is 8.50. The maximum atomic E-state index is 13.4. The number of halogens is 1. The average molecular weight is 202 g/mol. The predicted octanol–water partition coefficient (Wildman–Crippen LogP) is 2.90. The Morgan fingerprint density at radius 3 is 2.31 bits per heavy atom. The molecule has 13 heavy (non-hydrogen) atoms. The van der Waals surface area contributed by atoms with E-state index in [-0.39, 0.29) is 11.4 Å². The molecule has 0 aliphatic rings. The topological polar surface area (TPSA) is 26.3 Å². The number of hydrogen-bond donors (Lipinski definition) is 0. The second-order valence-corrected chi connectivity index (χ2v) is 4.66. The van der Waals surface area contributed by atoms with Crippen molar-refractivity contribution in [2.24, 2.45) is 0 Å². The minimum atomic E-state index is -4.10. The van der Waals surface area contributed by atoms with E-state index in [1.54, 1.807) is 32.0 Å². The Labute approximate surface area is 77.3 Å². The molecule has 0 fully saturated rings. The third-order valence-corrected chi connectivity index (χ3v) is 3.02. The lowest BCUT2D eigenvalue weighted by molar-refractivity contribution is 0.230. The van der Waals surface area contributed by atoms with Gasteiger partial charge in [0, 0.05) is 0 Å². The van der Waals surface area contributed by atoms with E-state index in [0.29, 0.717) is 0 Å². The first-order valence-electron chi connectivity index (χ1n) is 4.06. The Kier molecular flexibility index (Phi) is 3.23. The molecule has 0 spiro atoms. The van der Waals surface area contributed by atoms with Crippen LogP contribution in [0.5, 0.6) is 0 Å². The van der Waals surface area contributed by atoms with Crippen LogP contribution in [0.25, 0.3) is 0 Å². The molecule has 4 heteroatoms. The van der Waals surface area contributed by atoms with E-state index in [1.807, 2.05) is 0 Å². The first kappa shape index (κ1) is 10.4. The molecule has 0 saturated heterocycles. The predicted molar refractivity (Wildman–Crippen MR) is 51.0 cm³/mol. The van der Waals surface area contributed by atoms with Gasteiger partial charge in [0.1, 0.15) is 0 Å². The fourth-order valence-electron chi connectivity index (χ4n) is 0.938. The summed E-state index contributed by atoms with van der Waals surface area (Å²) in [5, 5.41) is 0.115. The summed E-state index contributed by atoms with van der Waals surface area (Å²) < 4.78 is 29.5. The zero-order valence-electron chi connectivity index (χ0n) is 7.61. The monoisotopic (exact) mass is 202 g/mol. The molecule has 0 radical (unpaired) electrons. The van der Waals surface area contributed by atoms with Crippen molar-refractivity contribution in [3.8, 4) is 0 Å². The first-order valence-corrected chi connectivity index (χ1v) is 5.57. The normalized spacial score (nSPS) is 15.7. The van der Waals surface area contributed by atoms with Gasteiger partial charge in [0.25, 0.3) is 0 Å². The largest absolute Gasteiger partial charge is 0.397 e. The summed E-state index contributed by atoms with van der Waals surface area (Å²) in [6.07, 6.45) is -0.379. The molecule has 0 aliphatic carbocycles. The van der Waals surface area contributed by atoms with Gasteiger partial charge in [0.15, 0.2) is 0 Å². The van der Waals surface area contributed by atoms with Gasteiger partial charge in [-0.1, -0.05) is 18.2 Å². The highest BCUT2D eigenvalue weighted by Crippen LogP contribution is 2.48. The van der Waals surface area contributed by atoms with E-state index in [2.05, 4.69) is 0 Å². The van der Waals surface area contributed by atoms with Gasteiger partial charge in [-0.2, -0.15) is 4.20 Å². The van der Waals surface area contributed by atoms with Crippen LogP contribution in [0.3, 0.4) is 0 Å². The number of benzene rings is 1. The fraction of sp³-hybridized carbons (Fsp3) is 0.333. The average Bonchev–Trinajstić information content (AvgIpc) is 2.04. The molecule has 1 atom stereocenters. The van der Waals surface area contributed by atoms with E-state index < -0.39 is 7.68 Å². The van der Waals surface area contributed by atoms with Crippen LogP contribution in [0.4, 0.5) is 4.20 Å². The molecule has 0 aliphatic heterocycles. The van der Waals surface area contributed by atoms with Crippen molar-refractivity contribution in [3.05, 3.63) is 30.3 Å². The number of rotatable bonds is 3. The molecule has 0 aromatic heterocycles. The minimum absolute atomic E-state index is 0.115. The van der Waals surface area contributed by atoms with Crippen LogP contribution < -0.4 is 5.30 Å². The Balaban J connectivity index is 2.88. The Hall–Kier alpha value is -0.660. The van der Waals surface area contributed by atoms with E-state index in [4.69, 9.17) is 4.52 Å². The Morgan fingerprint density at radius 2 is 1.85 bits per heavy atom. The van der Waals surface area contributed by atoms with Gasteiger partial charge in [0.05, 0.1) is 11.4 Å². The van der Waals surface area contributed by atoms with Crippen molar-refractivity contribution in [2.75, 3.05) is 0 Å². The minimum Gasteiger partial charge on any atom is -0.299 e. The molecule has 1 aromatic rings. The molecule has 0 bridgehead atoms. The molecule has 1 rings (SSSR count). The van der Waals surface area contributed by atoms with Crippen molar-refractivity contribution in [2.45, 2.75) is 20.0 Å². The molecule has 1 aromatic carbocycles. The third kappa shape index (κ3) is 2.94. The molecule has 72 valence electrons. The van der Waals surface area contributed by atoms with Gasteiger partial charge < -0.3 is 0 Å². The van der Waals surface area contributed by atoms with Crippen LogP contribution >= 0.6 is 7.68 Å². The molecular formula is C9H12FO2P. The smallest absolute Gasteiger partial charge is 0.299 e. The molecule has 0 heterocycles. The standard InChI is InChI=1S/C9H12FO2P/c1-8(2)12-13(10,11)9-6-4-3-5-7-9/h3-8H,1-2H3/t13-/m0/s1. The van der Waals surface area contributed by atoms with Gasteiger partial charge in [-0.05, 0) is 26.0 Å². The van der Waals surface area contributed by atoms with E-state index in [9.17, 15) is 8.76 Å². The highest BCUT2D eigenvalue weighted by atomic mass is 31.2. The summed E-state index contributed by atoms with van der Waals surface area (Å²) in [6.45, 7) is 3.30. The molecular weight excluding hydrogens is 190 g/mol. The van der Waals surface area contributed by atoms with Gasteiger partial charge in [-0.25, -0.2) is 4.57 Å². The molecule has 0 amide bonds. The van der Waals surface area contributed by atoms with Crippen LogP contribution in [-0.4, -0.2) is 6.10 Å². The lowest BCUT2D eigenvalue weighted by atomic mass is 10.4. The summed E-state index contributed by atoms with van der Waals surface area (Å²) in [4.78, 5) is 0. The number of hydrogen-bond acceptors (Lipinski definition) is 2. The quantitative estimate of drug-likeness (QED) is 0.704. The molecule has 0 saturated carbocycles. The maximum absolute atomic E-state index is 13.4. The van der Waals surface area contributed by atoms with Gasteiger partial charge in [-0.3, -0.25) is 4.52 Å². The van der Waals surface area contributed by atoms with Gasteiger partial charge >= 0.3 is 7.68 Å². The highest BCUT2D eigenvalue weighted by molar-refractivity contribution is 7.61. The van der Waals surface area contributed by atoms with E-state index in [1.165, 1.54) is 12.1 Å². The Morgan fingerprint density at radius 1 is 1.31 bits per heavy atom. The van der Waals surface area contributed by atoms with Crippen LogP contribution in [0.2, 0.25) is 0 Å². The fourth-order valence-corrected chi connectivity index (χ4v) is 2.13. The van der Waals surface area contributed by atoms with Crippen LogP contribution in [0.1, 0.15) is 13.8 Å². The van der Waals surface area contributed by atoms with Crippen molar-refractivity contribution in [1.29, 1.82) is 0 Å². The molecule has 2 nitrogen and oxygen atoms in total. The summed E-state index contributed by atoms with van der Waals surface area (Å²) in [5.74, 6) is 0. The van der Waals surface area contributed by atoms with Crippen molar-refractivity contribution >= 4 is 13.0 Å². The second-order valence-electron chi connectivity index (χ2n) is 2.97. The van der Waals surface area contributed by atoms with Crippen LogP contribution in [0, 0.1) is 0 Å². The van der Waals surface area contributed by atoms with Gasteiger partial charge in [0.2, 0.25) is 0 Å². The maximum Gasteiger partial charge on any atom is 0.397 e. The molecule has 0 unspecified atom stereocenters. The summed E-state index contributed by atoms with van der Waals surface area (Å²) in [7, 11) is -4.10. The van der Waals surface area contributed by atoms with Gasteiger partial charge in [-0.15, -0.1) is 0 Å². The highest BCUT2D eigenvalue weighted by Gasteiger charge is 2.25. The van der Waals surface area contributed by atoms with Crippen LogP contribution in [-0.2, 0) is 9.09 Å². The van der Waals surface area contributed by atoms with Crippen LogP contribution in [0.15, 0.2) is 30.3 Å². The van der Waals surface area contributed by atoms with Crippen molar-refractivity contribution < 1.29 is 13.3 Å². The first-order chi connectivity index (χ1) is 6.02. The van der Waals surface area contributed by atoms with E-state index in [0.717, 1.165) is 0 Å². The summed E-state index contributed by atoms with van der Waals surface area (Å²) in [5.41, 5.74) is 0. The molecule has 0 N–H and O–H groups in total. The second kappa shape index (κ2) is 4.03. The zero-order chi connectivity index (χ0) is 9.90. The summed E-state index contributed by atoms with van der Waals surface area (Å²) >= 11 is 0. The van der Waals surface area contributed by atoms with Crippen molar-refractivity contribution in [3.63, 3.8) is 0 Å². The summed E-state index contributed by atoms with van der Waals surface area (Å²) in [6, 6.07) is 7.92. The Bertz CT molecular complexity index is 311.